The van der Waals surface area contributed by atoms with E-state index in [1.807, 2.05) is 13.0 Å². The number of benzene rings is 3. The third-order valence-corrected chi connectivity index (χ3v) is 6.72. The van der Waals surface area contributed by atoms with Crippen LogP contribution in [0.2, 0.25) is 0 Å². The molecular formula is C29H24FN3O4. The van der Waals surface area contributed by atoms with Gasteiger partial charge in [0.05, 0.1) is 23.0 Å². The minimum atomic E-state index is -1.14. The number of carbonyl (C=O) groups excluding carboxylic acids is 2. The minimum absolute atomic E-state index is 0.00531. The predicted octanol–water partition coefficient (Wildman–Crippen LogP) is 4.56. The molecule has 1 aromatic heterocycles. The molecule has 0 unspecified atom stereocenters. The van der Waals surface area contributed by atoms with Crippen LogP contribution in [-0.2, 0) is 16.6 Å². The van der Waals surface area contributed by atoms with Crippen LogP contribution in [0.4, 0.5) is 10.1 Å². The summed E-state index contributed by atoms with van der Waals surface area (Å²) in [4.78, 5) is 41.8. The van der Waals surface area contributed by atoms with E-state index in [-0.39, 0.29) is 17.0 Å². The van der Waals surface area contributed by atoms with Crippen LogP contribution in [0.1, 0.15) is 28.4 Å². The van der Waals surface area contributed by atoms with Crippen molar-refractivity contribution in [3.63, 3.8) is 0 Å². The van der Waals surface area contributed by atoms with Gasteiger partial charge in [0, 0.05) is 12.6 Å². The molecule has 3 aromatic carbocycles. The van der Waals surface area contributed by atoms with Crippen molar-refractivity contribution in [3.05, 3.63) is 123 Å². The quantitative estimate of drug-likeness (QED) is 0.255. The Labute approximate surface area is 212 Å². The Bertz CT molecular complexity index is 1610. The van der Waals surface area contributed by atoms with Crippen molar-refractivity contribution in [1.29, 1.82) is 0 Å². The Morgan fingerprint density at radius 2 is 1.49 bits per heavy atom. The maximum atomic E-state index is 13.8. The summed E-state index contributed by atoms with van der Waals surface area (Å²) in [7, 11) is 1.68. The molecule has 5 rings (SSSR count). The highest BCUT2D eigenvalue weighted by atomic mass is 19.1. The lowest BCUT2D eigenvalue weighted by atomic mass is 9.95. The van der Waals surface area contributed by atoms with Gasteiger partial charge in [0.2, 0.25) is 0 Å². The standard InChI is InChI=1S/C29H24FN3O4/c1-17-9-11-20(12-10-17)26(34)23-25(19-13-15-21(30)16-14-19)32(29(37)27(23)35)24-18(2)31(3)33(28(24)36)22-7-5-4-6-8-22/h4-16,25,34H,1-3H3/t25-/m0/s1. The zero-order valence-corrected chi connectivity index (χ0v) is 20.5. The Hall–Kier alpha value is -4.72. The molecule has 8 heteroatoms. The number of aliphatic hydroxyl groups excluding tert-OH is 1. The van der Waals surface area contributed by atoms with Crippen molar-refractivity contribution in [1.82, 2.24) is 9.36 Å². The number of Topliss-reactive ketones (excluding diaryl/α,β-unsaturated/α-hetero) is 1. The summed E-state index contributed by atoms with van der Waals surface area (Å²) in [5.41, 5.74) is 2.03. The first-order valence-electron chi connectivity index (χ1n) is 11.7. The zero-order chi connectivity index (χ0) is 26.4. The van der Waals surface area contributed by atoms with Crippen LogP contribution in [0.25, 0.3) is 11.4 Å². The Morgan fingerprint density at radius 1 is 0.865 bits per heavy atom. The van der Waals surface area contributed by atoms with Crippen LogP contribution in [-0.4, -0.2) is 26.2 Å². The fourth-order valence-electron chi connectivity index (χ4n) is 4.72. The van der Waals surface area contributed by atoms with Crippen molar-refractivity contribution in [3.8, 4) is 5.69 Å². The van der Waals surface area contributed by atoms with Gasteiger partial charge in [0.25, 0.3) is 17.2 Å². The zero-order valence-electron chi connectivity index (χ0n) is 20.5. The average Bonchev–Trinajstić information content (AvgIpc) is 3.28. The SMILES string of the molecule is Cc1ccc(C(O)=C2C(=O)C(=O)N(c3c(C)n(C)n(-c4ccccc4)c3=O)[C@H]2c2ccc(F)cc2)cc1. The monoisotopic (exact) mass is 497 g/mol. The summed E-state index contributed by atoms with van der Waals surface area (Å²) < 4.78 is 16.8. The van der Waals surface area contributed by atoms with E-state index in [1.165, 1.54) is 28.9 Å². The number of anilines is 1. The molecule has 7 nitrogen and oxygen atoms in total. The number of hydrogen-bond donors (Lipinski definition) is 1. The maximum Gasteiger partial charge on any atom is 0.300 e. The fourth-order valence-corrected chi connectivity index (χ4v) is 4.72. The summed E-state index contributed by atoms with van der Waals surface area (Å²) in [6, 6.07) is 19.9. The van der Waals surface area contributed by atoms with Crippen molar-refractivity contribution < 1.29 is 19.1 Å². The van der Waals surface area contributed by atoms with E-state index < -0.39 is 29.1 Å². The van der Waals surface area contributed by atoms with Crippen LogP contribution in [0.5, 0.6) is 0 Å². The Morgan fingerprint density at radius 3 is 2.11 bits per heavy atom. The minimum Gasteiger partial charge on any atom is -0.507 e. The lowest BCUT2D eigenvalue weighted by molar-refractivity contribution is -0.132. The molecule has 1 fully saturated rings. The molecule has 0 aliphatic carbocycles. The normalized spacial score (nSPS) is 17.0. The molecule has 1 N–H and O–H groups in total. The number of para-hydroxylation sites is 1. The Balaban J connectivity index is 1.78. The average molecular weight is 498 g/mol. The molecule has 0 spiro atoms. The van der Waals surface area contributed by atoms with Gasteiger partial charge in [-0.1, -0.05) is 60.2 Å². The van der Waals surface area contributed by atoms with E-state index in [0.717, 1.165) is 10.5 Å². The fraction of sp³-hybridized carbons (Fsp3) is 0.138. The number of halogens is 1. The van der Waals surface area contributed by atoms with E-state index in [9.17, 15) is 23.9 Å². The highest BCUT2D eigenvalue weighted by Crippen LogP contribution is 2.42. The number of rotatable bonds is 4. The molecule has 37 heavy (non-hydrogen) atoms. The summed E-state index contributed by atoms with van der Waals surface area (Å²) in [6.45, 7) is 3.56. The Kier molecular flexibility index (Phi) is 5.87. The summed E-state index contributed by atoms with van der Waals surface area (Å²) >= 11 is 0. The number of aryl methyl sites for hydroxylation is 1. The van der Waals surface area contributed by atoms with Crippen LogP contribution in [0.3, 0.4) is 0 Å². The predicted molar refractivity (Wildman–Crippen MR) is 138 cm³/mol. The van der Waals surface area contributed by atoms with Gasteiger partial charge in [-0.25, -0.2) is 9.07 Å². The summed E-state index contributed by atoms with van der Waals surface area (Å²) in [5.74, 6) is -2.75. The lowest BCUT2D eigenvalue weighted by Crippen LogP contribution is -2.34. The maximum absolute atomic E-state index is 13.8. The van der Waals surface area contributed by atoms with Gasteiger partial charge in [-0.3, -0.25) is 24.0 Å². The van der Waals surface area contributed by atoms with Crippen molar-refractivity contribution >= 4 is 23.1 Å². The van der Waals surface area contributed by atoms with Crippen molar-refractivity contribution in [2.45, 2.75) is 19.9 Å². The first-order valence-corrected chi connectivity index (χ1v) is 11.7. The van der Waals surface area contributed by atoms with E-state index in [4.69, 9.17) is 0 Å². The van der Waals surface area contributed by atoms with Gasteiger partial charge >= 0.3 is 0 Å². The highest BCUT2D eigenvalue weighted by molar-refractivity contribution is 6.51. The van der Waals surface area contributed by atoms with E-state index >= 15 is 0 Å². The molecule has 1 aliphatic heterocycles. The number of aliphatic hydroxyl groups is 1. The first-order chi connectivity index (χ1) is 17.7. The van der Waals surface area contributed by atoms with Crippen LogP contribution < -0.4 is 10.5 Å². The number of amides is 1. The lowest BCUT2D eigenvalue weighted by Gasteiger charge is -2.24. The van der Waals surface area contributed by atoms with Crippen LogP contribution in [0.15, 0.2) is 89.2 Å². The molecule has 186 valence electrons. The second kappa shape index (κ2) is 9.05. The van der Waals surface area contributed by atoms with Gasteiger partial charge in [0.1, 0.15) is 17.3 Å². The molecular weight excluding hydrogens is 473 g/mol. The molecule has 0 bridgehead atoms. The summed E-state index contributed by atoms with van der Waals surface area (Å²) in [6.07, 6.45) is 0. The molecule has 4 aromatic rings. The number of aromatic nitrogens is 2. The molecule has 2 heterocycles. The third-order valence-electron chi connectivity index (χ3n) is 6.72. The molecule has 1 amide bonds. The first kappa shape index (κ1) is 24.0. The molecule has 1 atom stereocenters. The number of ketones is 1. The number of hydrogen-bond acceptors (Lipinski definition) is 4. The smallest absolute Gasteiger partial charge is 0.300 e. The van der Waals surface area contributed by atoms with Gasteiger partial charge in [-0.05, 0) is 43.7 Å². The van der Waals surface area contributed by atoms with Gasteiger partial charge < -0.3 is 5.11 Å². The highest BCUT2D eigenvalue weighted by Gasteiger charge is 2.49. The summed E-state index contributed by atoms with van der Waals surface area (Å²) in [5, 5.41) is 11.2. The number of carbonyl (C=O) groups is 2. The van der Waals surface area contributed by atoms with Crippen molar-refractivity contribution in [2.24, 2.45) is 7.05 Å². The van der Waals surface area contributed by atoms with Crippen LogP contribution >= 0.6 is 0 Å². The third kappa shape index (κ3) is 3.87. The van der Waals surface area contributed by atoms with E-state index in [1.54, 1.807) is 67.2 Å². The van der Waals surface area contributed by atoms with Crippen LogP contribution in [0, 0.1) is 19.7 Å². The number of nitrogens with zero attached hydrogens (tertiary/aromatic N) is 3. The molecule has 1 saturated heterocycles. The van der Waals surface area contributed by atoms with Crippen molar-refractivity contribution in [2.75, 3.05) is 4.90 Å². The molecule has 0 radical (unpaired) electrons. The van der Waals surface area contributed by atoms with Gasteiger partial charge in [-0.15, -0.1) is 0 Å². The van der Waals surface area contributed by atoms with E-state index in [0.29, 0.717) is 22.5 Å². The van der Waals surface area contributed by atoms with Gasteiger partial charge in [0.15, 0.2) is 0 Å². The second-order valence-electron chi connectivity index (χ2n) is 9.00. The largest absolute Gasteiger partial charge is 0.507 e. The van der Waals surface area contributed by atoms with Gasteiger partial charge in [-0.2, -0.15) is 0 Å². The second-order valence-corrected chi connectivity index (χ2v) is 9.00. The topological polar surface area (TPSA) is 84.5 Å². The molecule has 0 saturated carbocycles. The molecule has 1 aliphatic rings. The van der Waals surface area contributed by atoms with E-state index in [2.05, 4.69) is 0 Å².